The van der Waals surface area contributed by atoms with Crippen molar-refractivity contribution in [1.29, 1.82) is 0 Å². The minimum Gasteiger partial charge on any atom is -0.395 e. The summed E-state index contributed by atoms with van der Waals surface area (Å²) in [5, 5.41) is 9.13. The maximum Gasteiger partial charge on any atom is 0.281 e. The normalized spacial score (nSPS) is 11.8. The molecule has 1 aromatic carbocycles. The number of aliphatic hydroxyl groups is 1. The van der Waals surface area contributed by atoms with Gasteiger partial charge in [0.05, 0.1) is 19.5 Å². The zero-order chi connectivity index (χ0) is 20.2. The number of nitrogens with zero attached hydrogens (tertiary/aromatic N) is 5. The maximum atomic E-state index is 14.1. The summed E-state index contributed by atoms with van der Waals surface area (Å²) < 4.78 is 71.9. The molecule has 0 atom stereocenters. The van der Waals surface area contributed by atoms with E-state index in [1.807, 2.05) is 0 Å². The van der Waals surface area contributed by atoms with Crippen LogP contribution in [0, 0.1) is 29.1 Å². The smallest absolute Gasteiger partial charge is 0.281 e. The Kier molecular flexibility index (Phi) is 4.14. The van der Waals surface area contributed by atoms with Gasteiger partial charge in [0.25, 0.3) is 5.56 Å². The number of aromatic nitrogens is 5. The Labute approximate surface area is 151 Å². The zero-order valence-electron chi connectivity index (χ0n) is 13.8. The summed E-state index contributed by atoms with van der Waals surface area (Å²) >= 11 is 0. The van der Waals surface area contributed by atoms with Crippen molar-refractivity contribution in [2.45, 2.75) is 13.1 Å². The summed E-state index contributed by atoms with van der Waals surface area (Å²) in [5.41, 5.74) is -1.84. The second kappa shape index (κ2) is 6.41. The van der Waals surface area contributed by atoms with Crippen LogP contribution in [0.15, 0.2) is 23.5 Å². The molecule has 7 nitrogen and oxygen atoms in total. The van der Waals surface area contributed by atoms with Crippen LogP contribution in [0.25, 0.3) is 16.9 Å². The molecule has 0 aliphatic carbocycles. The average Bonchev–Trinajstić information content (AvgIpc) is 3.32. The third-order valence-electron chi connectivity index (χ3n) is 4.31. The molecule has 0 fully saturated rings. The molecule has 0 saturated carbocycles. The lowest BCUT2D eigenvalue weighted by Crippen LogP contribution is -2.27. The van der Waals surface area contributed by atoms with Crippen molar-refractivity contribution in [3.05, 3.63) is 63.7 Å². The summed E-state index contributed by atoms with van der Waals surface area (Å²) in [5.74, 6) is -10.7. The number of rotatable bonds is 4. The standard InChI is InChI=1S/C16H10F5N5O2/c17-8-7(9(18)11(20)12(21)10(8)19)5-26-15(28)13-14(23-6-24(13)3-4-27)25-2-1-22-16(25)26/h1-2,6,27H,3-5H2. The highest BCUT2D eigenvalue weighted by atomic mass is 19.2. The number of benzene rings is 1. The lowest BCUT2D eigenvalue weighted by Gasteiger charge is -2.12. The Morgan fingerprint density at radius 3 is 2.25 bits per heavy atom. The molecule has 0 amide bonds. The monoisotopic (exact) mass is 399 g/mol. The van der Waals surface area contributed by atoms with Crippen LogP contribution in [0.1, 0.15) is 5.56 Å². The zero-order valence-corrected chi connectivity index (χ0v) is 13.8. The second-order valence-corrected chi connectivity index (χ2v) is 5.87. The third kappa shape index (κ3) is 2.41. The first-order valence-corrected chi connectivity index (χ1v) is 7.88. The summed E-state index contributed by atoms with van der Waals surface area (Å²) in [7, 11) is 0. The molecule has 0 spiro atoms. The van der Waals surface area contributed by atoms with Gasteiger partial charge in [0, 0.05) is 24.5 Å². The van der Waals surface area contributed by atoms with Gasteiger partial charge in [0.15, 0.2) is 34.4 Å². The van der Waals surface area contributed by atoms with Crippen LogP contribution < -0.4 is 5.56 Å². The first-order valence-electron chi connectivity index (χ1n) is 7.88. The van der Waals surface area contributed by atoms with Crippen molar-refractivity contribution in [3.8, 4) is 0 Å². The van der Waals surface area contributed by atoms with Gasteiger partial charge < -0.3 is 9.67 Å². The molecule has 4 rings (SSSR count). The van der Waals surface area contributed by atoms with Crippen molar-refractivity contribution in [2.75, 3.05) is 6.61 Å². The quantitative estimate of drug-likeness (QED) is 0.321. The lowest BCUT2D eigenvalue weighted by atomic mass is 10.1. The van der Waals surface area contributed by atoms with E-state index in [2.05, 4.69) is 9.97 Å². The minimum atomic E-state index is -2.28. The van der Waals surface area contributed by atoms with Crippen LogP contribution in [0.2, 0.25) is 0 Å². The molecule has 3 aromatic heterocycles. The number of fused-ring (bicyclic) bond motifs is 3. The van der Waals surface area contributed by atoms with E-state index in [9.17, 15) is 26.7 Å². The fourth-order valence-electron chi connectivity index (χ4n) is 3.01. The molecule has 0 saturated heterocycles. The van der Waals surface area contributed by atoms with Crippen LogP contribution in [0.5, 0.6) is 0 Å². The van der Waals surface area contributed by atoms with Gasteiger partial charge in [0.1, 0.15) is 0 Å². The number of hydrogen-bond donors (Lipinski definition) is 1. The molecule has 0 bridgehead atoms. The highest BCUT2D eigenvalue weighted by Gasteiger charge is 2.27. The molecule has 1 N–H and O–H groups in total. The largest absolute Gasteiger partial charge is 0.395 e. The minimum absolute atomic E-state index is 0.00840. The molecule has 3 heterocycles. The van der Waals surface area contributed by atoms with E-state index >= 15 is 0 Å². The highest BCUT2D eigenvalue weighted by Crippen LogP contribution is 2.24. The van der Waals surface area contributed by atoms with Gasteiger partial charge in [0.2, 0.25) is 11.6 Å². The number of imidazole rings is 2. The fourth-order valence-corrected chi connectivity index (χ4v) is 3.01. The topological polar surface area (TPSA) is 77.3 Å². The van der Waals surface area contributed by atoms with E-state index in [0.717, 1.165) is 4.57 Å². The molecule has 4 aromatic rings. The van der Waals surface area contributed by atoms with Crippen molar-refractivity contribution in [3.63, 3.8) is 0 Å². The Hall–Kier alpha value is -3.28. The average molecular weight is 399 g/mol. The van der Waals surface area contributed by atoms with Crippen molar-refractivity contribution >= 4 is 16.9 Å². The molecule has 0 radical (unpaired) electrons. The number of halogens is 5. The van der Waals surface area contributed by atoms with Crippen molar-refractivity contribution < 1.29 is 27.1 Å². The van der Waals surface area contributed by atoms with Gasteiger partial charge in [-0.2, -0.15) is 0 Å². The van der Waals surface area contributed by atoms with Crippen molar-refractivity contribution in [2.24, 2.45) is 0 Å². The molecule has 0 aliphatic rings. The lowest BCUT2D eigenvalue weighted by molar-refractivity contribution is 0.277. The Morgan fingerprint density at radius 1 is 0.964 bits per heavy atom. The van der Waals surface area contributed by atoms with E-state index in [-0.39, 0.29) is 30.1 Å². The van der Waals surface area contributed by atoms with Gasteiger partial charge in [-0.05, 0) is 0 Å². The van der Waals surface area contributed by atoms with Crippen LogP contribution in [-0.2, 0) is 13.1 Å². The molecular weight excluding hydrogens is 389 g/mol. The van der Waals surface area contributed by atoms with E-state index in [4.69, 9.17) is 5.11 Å². The van der Waals surface area contributed by atoms with Crippen molar-refractivity contribution in [1.82, 2.24) is 23.5 Å². The number of hydrogen-bond acceptors (Lipinski definition) is 4. The molecule has 0 aliphatic heterocycles. The van der Waals surface area contributed by atoms with Gasteiger partial charge in [-0.15, -0.1) is 0 Å². The maximum absolute atomic E-state index is 14.1. The molecule has 0 unspecified atom stereocenters. The van der Waals surface area contributed by atoms with E-state index in [1.54, 1.807) is 0 Å². The number of aliphatic hydroxyl groups excluding tert-OH is 1. The van der Waals surface area contributed by atoms with Crippen LogP contribution in [0.3, 0.4) is 0 Å². The molecular formula is C16H10F5N5O2. The predicted octanol–water partition coefficient (Wildman–Crippen LogP) is 1.58. The van der Waals surface area contributed by atoms with Gasteiger partial charge in [-0.1, -0.05) is 0 Å². The highest BCUT2D eigenvalue weighted by molar-refractivity contribution is 5.73. The summed E-state index contributed by atoms with van der Waals surface area (Å²) in [6.07, 6.45) is 3.99. The van der Waals surface area contributed by atoms with Crippen LogP contribution in [0.4, 0.5) is 22.0 Å². The molecule has 12 heteroatoms. The Bertz CT molecular complexity index is 1260. The molecule has 146 valence electrons. The van der Waals surface area contributed by atoms with Gasteiger partial charge >= 0.3 is 0 Å². The first kappa shape index (κ1) is 18.1. The molecule has 28 heavy (non-hydrogen) atoms. The fraction of sp³-hybridized carbons (Fsp3) is 0.188. The van der Waals surface area contributed by atoms with Crippen LogP contribution in [-0.4, -0.2) is 35.2 Å². The first-order chi connectivity index (χ1) is 13.4. The van der Waals surface area contributed by atoms with Crippen LogP contribution >= 0.6 is 0 Å². The van der Waals surface area contributed by atoms with E-state index < -0.39 is 46.8 Å². The summed E-state index contributed by atoms with van der Waals surface area (Å²) in [6.45, 7) is -1.26. The van der Waals surface area contributed by atoms with E-state index in [0.29, 0.717) is 0 Å². The SMILES string of the molecule is O=c1c2c(ncn2CCO)n2ccnc2n1Cc1c(F)c(F)c(F)c(F)c1F. The Morgan fingerprint density at radius 2 is 1.61 bits per heavy atom. The summed E-state index contributed by atoms with van der Waals surface area (Å²) in [6, 6.07) is 0. The van der Waals surface area contributed by atoms with Gasteiger partial charge in [-0.25, -0.2) is 31.9 Å². The third-order valence-corrected chi connectivity index (χ3v) is 4.31. The van der Waals surface area contributed by atoms with E-state index in [1.165, 1.54) is 27.7 Å². The summed E-state index contributed by atoms with van der Waals surface area (Å²) in [4.78, 5) is 20.9. The van der Waals surface area contributed by atoms with Gasteiger partial charge in [-0.3, -0.25) is 13.8 Å². The second-order valence-electron chi connectivity index (χ2n) is 5.87. The Balaban J connectivity index is 2.02. The predicted molar refractivity (Wildman–Crippen MR) is 85.2 cm³/mol.